The van der Waals surface area contributed by atoms with Gasteiger partial charge in [0, 0.05) is 6.54 Å². The topological polar surface area (TPSA) is 87.9 Å². The standard InChI is InChI=1S/C12H12FN5OS/c13-7-3-1-2-4-8(7)18-6-5-9(10(18)19)20-12-15-11(14)16-17-12/h1-4,9H,5-6H2,(H3,14,15,16,17)/t9-/m0/s1. The zero-order valence-corrected chi connectivity index (χ0v) is 11.2. The molecule has 1 aliphatic rings. The van der Waals surface area contributed by atoms with Crippen LogP contribution in [0.15, 0.2) is 29.4 Å². The number of carbonyl (C=O) groups is 1. The largest absolute Gasteiger partial charge is 0.368 e. The fourth-order valence-electron chi connectivity index (χ4n) is 2.11. The number of nitrogen functional groups attached to an aromatic ring is 1. The van der Waals surface area contributed by atoms with Crippen LogP contribution >= 0.6 is 11.8 Å². The van der Waals surface area contributed by atoms with E-state index in [1.165, 1.54) is 22.7 Å². The quantitative estimate of drug-likeness (QED) is 0.893. The molecule has 0 aliphatic carbocycles. The first kappa shape index (κ1) is 12.9. The van der Waals surface area contributed by atoms with Crippen molar-refractivity contribution in [3.05, 3.63) is 30.1 Å². The predicted molar refractivity (Wildman–Crippen MR) is 73.8 cm³/mol. The number of aromatic nitrogens is 3. The molecular weight excluding hydrogens is 281 g/mol. The zero-order chi connectivity index (χ0) is 14.1. The van der Waals surface area contributed by atoms with Gasteiger partial charge in [-0.05, 0) is 18.6 Å². The fourth-order valence-corrected chi connectivity index (χ4v) is 3.07. The number of thioether (sulfide) groups is 1. The molecule has 0 unspecified atom stereocenters. The molecule has 1 amide bonds. The number of nitrogens with one attached hydrogen (secondary N) is 1. The van der Waals surface area contributed by atoms with E-state index < -0.39 is 5.82 Å². The molecule has 1 fully saturated rings. The number of hydrogen-bond acceptors (Lipinski definition) is 5. The Labute approximate surface area is 118 Å². The lowest BCUT2D eigenvalue weighted by Gasteiger charge is -2.16. The van der Waals surface area contributed by atoms with Crippen LogP contribution in [0.5, 0.6) is 0 Å². The van der Waals surface area contributed by atoms with E-state index in [1.807, 2.05) is 0 Å². The summed E-state index contributed by atoms with van der Waals surface area (Å²) in [5, 5.41) is 6.52. The van der Waals surface area contributed by atoms with E-state index in [1.54, 1.807) is 18.2 Å². The molecule has 1 saturated heterocycles. The molecule has 3 rings (SSSR count). The van der Waals surface area contributed by atoms with Crippen LogP contribution in [0, 0.1) is 5.82 Å². The lowest BCUT2D eigenvalue weighted by atomic mass is 10.3. The number of anilines is 2. The highest BCUT2D eigenvalue weighted by Gasteiger charge is 2.35. The van der Waals surface area contributed by atoms with E-state index in [-0.39, 0.29) is 17.1 Å². The Balaban J connectivity index is 1.76. The molecule has 1 aliphatic heterocycles. The summed E-state index contributed by atoms with van der Waals surface area (Å²) in [4.78, 5) is 17.7. The van der Waals surface area contributed by atoms with Gasteiger partial charge >= 0.3 is 0 Å². The van der Waals surface area contributed by atoms with E-state index in [9.17, 15) is 9.18 Å². The summed E-state index contributed by atoms with van der Waals surface area (Å²) >= 11 is 1.24. The van der Waals surface area contributed by atoms with Gasteiger partial charge in [-0.2, -0.15) is 4.98 Å². The van der Waals surface area contributed by atoms with E-state index >= 15 is 0 Å². The second-order valence-electron chi connectivity index (χ2n) is 4.34. The highest BCUT2D eigenvalue weighted by Crippen LogP contribution is 2.32. The SMILES string of the molecule is Nc1nc(S[C@H]2CCN(c3ccccc3F)C2=O)n[nH]1. The first-order valence-electron chi connectivity index (χ1n) is 6.05. The van der Waals surface area contributed by atoms with Gasteiger partial charge in [0.25, 0.3) is 0 Å². The summed E-state index contributed by atoms with van der Waals surface area (Å²) in [6, 6.07) is 6.26. The van der Waals surface area contributed by atoms with Gasteiger partial charge in [0.2, 0.25) is 17.0 Å². The molecule has 6 nitrogen and oxygen atoms in total. The van der Waals surface area contributed by atoms with Crippen LogP contribution in [0.2, 0.25) is 0 Å². The normalized spacial score (nSPS) is 18.8. The Hall–Kier alpha value is -2.09. The van der Waals surface area contributed by atoms with Crippen molar-refractivity contribution in [3.63, 3.8) is 0 Å². The molecule has 1 atom stereocenters. The molecule has 20 heavy (non-hydrogen) atoms. The van der Waals surface area contributed by atoms with Gasteiger partial charge in [-0.25, -0.2) is 9.49 Å². The van der Waals surface area contributed by atoms with Crippen LogP contribution in [-0.4, -0.2) is 32.9 Å². The van der Waals surface area contributed by atoms with Crippen molar-refractivity contribution in [1.82, 2.24) is 15.2 Å². The monoisotopic (exact) mass is 293 g/mol. The van der Waals surface area contributed by atoms with Crippen LogP contribution in [0.25, 0.3) is 0 Å². The van der Waals surface area contributed by atoms with Gasteiger partial charge in [0.1, 0.15) is 5.82 Å². The Kier molecular flexibility index (Phi) is 3.31. The number of hydrogen-bond donors (Lipinski definition) is 2. The first-order chi connectivity index (χ1) is 9.65. The number of carbonyl (C=O) groups excluding carboxylic acids is 1. The molecule has 0 bridgehead atoms. The number of amides is 1. The minimum Gasteiger partial charge on any atom is -0.368 e. The lowest BCUT2D eigenvalue weighted by Crippen LogP contribution is -2.28. The van der Waals surface area contributed by atoms with Crippen molar-refractivity contribution in [1.29, 1.82) is 0 Å². The van der Waals surface area contributed by atoms with Crippen molar-refractivity contribution < 1.29 is 9.18 Å². The summed E-state index contributed by atoms with van der Waals surface area (Å²) in [6.45, 7) is 0.483. The molecule has 104 valence electrons. The molecule has 0 spiro atoms. The van der Waals surface area contributed by atoms with Gasteiger partial charge in [0.15, 0.2) is 0 Å². The van der Waals surface area contributed by atoms with Crippen LogP contribution in [-0.2, 0) is 4.79 Å². The van der Waals surface area contributed by atoms with Crippen molar-refractivity contribution in [2.24, 2.45) is 0 Å². The van der Waals surface area contributed by atoms with Crippen molar-refractivity contribution in [2.45, 2.75) is 16.8 Å². The van der Waals surface area contributed by atoms with Crippen molar-refractivity contribution >= 4 is 29.3 Å². The van der Waals surface area contributed by atoms with Crippen LogP contribution in [0.1, 0.15) is 6.42 Å². The Bertz CT molecular complexity index is 646. The van der Waals surface area contributed by atoms with E-state index in [0.717, 1.165) is 0 Å². The minimum atomic E-state index is -0.395. The van der Waals surface area contributed by atoms with Crippen LogP contribution < -0.4 is 10.6 Å². The maximum atomic E-state index is 13.7. The second kappa shape index (κ2) is 5.12. The summed E-state index contributed by atoms with van der Waals surface area (Å²) in [5.74, 6) is -0.319. The zero-order valence-electron chi connectivity index (χ0n) is 10.4. The molecule has 0 radical (unpaired) electrons. The van der Waals surface area contributed by atoms with Gasteiger partial charge in [-0.15, -0.1) is 5.10 Å². The first-order valence-corrected chi connectivity index (χ1v) is 6.93. The minimum absolute atomic E-state index is 0.136. The number of halogens is 1. The molecule has 2 aromatic rings. The molecule has 3 N–H and O–H groups in total. The predicted octanol–water partition coefficient (Wildman–Crippen LogP) is 1.42. The third kappa shape index (κ3) is 2.34. The Morgan fingerprint density at radius 2 is 2.25 bits per heavy atom. The maximum Gasteiger partial charge on any atom is 0.240 e. The molecule has 2 heterocycles. The lowest BCUT2D eigenvalue weighted by molar-refractivity contribution is -0.116. The van der Waals surface area contributed by atoms with Crippen molar-refractivity contribution in [2.75, 3.05) is 17.2 Å². The van der Waals surface area contributed by atoms with E-state index in [4.69, 9.17) is 5.73 Å². The number of H-pyrrole nitrogens is 1. The van der Waals surface area contributed by atoms with E-state index in [2.05, 4.69) is 15.2 Å². The van der Waals surface area contributed by atoms with E-state index in [0.29, 0.717) is 23.8 Å². The van der Waals surface area contributed by atoms with Gasteiger partial charge in [-0.3, -0.25) is 4.79 Å². The van der Waals surface area contributed by atoms with Crippen LogP contribution in [0.3, 0.4) is 0 Å². The molecule has 1 aromatic heterocycles. The third-order valence-corrected chi connectivity index (χ3v) is 4.14. The fraction of sp³-hybridized carbons (Fsp3) is 0.250. The number of benzene rings is 1. The summed E-state index contributed by atoms with van der Waals surface area (Å²) < 4.78 is 13.7. The number of aromatic amines is 1. The Morgan fingerprint density at radius 1 is 1.45 bits per heavy atom. The van der Waals surface area contributed by atoms with Gasteiger partial charge in [0.05, 0.1) is 10.9 Å². The maximum absolute atomic E-state index is 13.7. The molecule has 1 aromatic carbocycles. The highest BCUT2D eigenvalue weighted by molar-refractivity contribution is 8.00. The molecular formula is C12H12FN5OS. The highest BCUT2D eigenvalue weighted by atomic mass is 32.2. The smallest absolute Gasteiger partial charge is 0.240 e. The number of para-hydroxylation sites is 1. The molecule has 8 heteroatoms. The Morgan fingerprint density at radius 3 is 2.95 bits per heavy atom. The average Bonchev–Trinajstić information content (AvgIpc) is 2.99. The number of nitrogens with zero attached hydrogens (tertiary/aromatic N) is 3. The summed E-state index contributed by atoms with van der Waals surface area (Å²) in [6.07, 6.45) is 0.617. The third-order valence-electron chi connectivity index (χ3n) is 3.03. The molecule has 0 saturated carbocycles. The number of nitrogens with two attached hydrogens (primary N) is 1. The van der Waals surface area contributed by atoms with Gasteiger partial charge in [-0.1, -0.05) is 23.9 Å². The number of rotatable bonds is 3. The average molecular weight is 293 g/mol. The van der Waals surface area contributed by atoms with Crippen molar-refractivity contribution in [3.8, 4) is 0 Å². The summed E-state index contributed by atoms with van der Waals surface area (Å²) in [7, 11) is 0. The van der Waals surface area contributed by atoms with Gasteiger partial charge < -0.3 is 10.6 Å². The summed E-state index contributed by atoms with van der Waals surface area (Å²) in [5.41, 5.74) is 5.75. The van der Waals surface area contributed by atoms with Crippen LogP contribution in [0.4, 0.5) is 16.0 Å². The second-order valence-corrected chi connectivity index (χ2v) is 5.51.